The van der Waals surface area contributed by atoms with Crippen LogP contribution in [0.25, 0.3) is 0 Å². The predicted molar refractivity (Wildman–Crippen MR) is 79.3 cm³/mol. The summed E-state index contributed by atoms with van der Waals surface area (Å²) in [6.45, 7) is 9.35. The van der Waals surface area contributed by atoms with Crippen LogP contribution >= 0.6 is 11.8 Å². The molecule has 2 N–H and O–H groups in total. The molecule has 0 rings (SSSR count). The highest BCUT2D eigenvalue weighted by Gasteiger charge is 2.15. The van der Waals surface area contributed by atoms with Crippen molar-refractivity contribution >= 4 is 17.9 Å². The summed E-state index contributed by atoms with van der Waals surface area (Å²) in [5.74, 6) is 1.18. The Bertz CT molecular complexity index is 230. The van der Waals surface area contributed by atoms with Gasteiger partial charge in [-0.05, 0) is 59.1 Å². The summed E-state index contributed by atoms with van der Waals surface area (Å²) in [6.07, 6.45) is 3.89. The van der Waals surface area contributed by atoms with Gasteiger partial charge in [-0.1, -0.05) is 0 Å². The Morgan fingerprint density at radius 2 is 2.00 bits per heavy atom. The second kappa shape index (κ2) is 9.50. The number of hydrogen-bond donors (Lipinski definition) is 2. The summed E-state index contributed by atoms with van der Waals surface area (Å²) in [5, 5.41) is 6.18. The van der Waals surface area contributed by atoms with Crippen LogP contribution in [0, 0.1) is 0 Å². The van der Waals surface area contributed by atoms with Gasteiger partial charge in [-0.2, -0.15) is 11.8 Å². The lowest BCUT2D eigenvalue weighted by molar-refractivity contribution is 0.0527. The van der Waals surface area contributed by atoms with Crippen molar-refractivity contribution in [2.24, 2.45) is 0 Å². The van der Waals surface area contributed by atoms with E-state index in [4.69, 9.17) is 4.74 Å². The van der Waals surface area contributed by atoms with Gasteiger partial charge >= 0.3 is 6.09 Å². The topological polar surface area (TPSA) is 50.4 Å². The molecule has 18 heavy (non-hydrogen) atoms. The summed E-state index contributed by atoms with van der Waals surface area (Å²) >= 11 is 1.87. The minimum Gasteiger partial charge on any atom is -0.444 e. The van der Waals surface area contributed by atoms with Crippen LogP contribution in [0.4, 0.5) is 4.79 Å². The van der Waals surface area contributed by atoms with Crippen LogP contribution in [0.5, 0.6) is 0 Å². The zero-order chi connectivity index (χ0) is 14.0. The smallest absolute Gasteiger partial charge is 0.407 e. The zero-order valence-electron chi connectivity index (χ0n) is 12.3. The molecular weight excluding hydrogens is 248 g/mol. The highest BCUT2D eigenvalue weighted by atomic mass is 32.2. The fourth-order valence-electron chi connectivity index (χ4n) is 1.34. The lowest BCUT2D eigenvalue weighted by Crippen LogP contribution is -2.35. The van der Waals surface area contributed by atoms with Gasteiger partial charge in [-0.25, -0.2) is 4.79 Å². The zero-order valence-corrected chi connectivity index (χ0v) is 13.2. The number of thioether (sulfide) groups is 1. The van der Waals surface area contributed by atoms with Crippen LogP contribution in [0.1, 0.15) is 40.5 Å². The number of ether oxygens (including phenoxy) is 1. The van der Waals surface area contributed by atoms with Crippen LogP contribution in [0.15, 0.2) is 0 Å². The molecule has 0 aliphatic rings. The third kappa shape index (κ3) is 12.0. The van der Waals surface area contributed by atoms with Gasteiger partial charge in [-0.15, -0.1) is 0 Å². The Balaban J connectivity index is 3.42. The highest BCUT2D eigenvalue weighted by molar-refractivity contribution is 7.98. The maximum atomic E-state index is 11.3. The van der Waals surface area contributed by atoms with Crippen LogP contribution in [0.2, 0.25) is 0 Å². The van der Waals surface area contributed by atoms with Crippen molar-refractivity contribution in [1.29, 1.82) is 0 Å². The van der Waals surface area contributed by atoms with Crippen molar-refractivity contribution in [3.8, 4) is 0 Å². The monoisotopic (exact) mass is 276 g/mol. The number of rotatable bonds is 8. The van der Waals surface area contributed by atoms with Crippen LogP contribution in [-0.4, -0.2) is 42.8 Å². The average Bonchev–Trinajstić information content (AvgIpc) is 2.23. The third-order valence-corrected chi connectivity index (χ3v) is 2.91. The number of carbonyl (C=O) groups excluding carboxylic acids is 1. The van der Waals surface area contributed by atoms with E-state index in [0.717, 1.165) is 13.0 Å². The normalized spacial score (nSPS) is 13.2. The quantitative estimate of drug-likeness (QED) is 0.669. The van der Waals surface area contributed by atoms with Gasteiger partial charge in [-0.3, -0.25) is 0 Å². The number of nitrogens with one attached hydrogen (secondary N) is 2. The van der Waals surface area contributed by atoms with E-state index in [2.05, 4.69) is 23.8 Å². The molecule has 4 nitrogen and oxygen atoms in total. The van der Waals surface area contributed by atoms with Crippen LogP contribution in [0.3, 0.4) is 0 Å². The number of alkyl carbamates (subject to hydrolysis) is 1. The summed E-state index contributed by atoms with van der Waals surface area (Å²) in [6, 6.07) is 0.541. The molecular formula is C13H28N2O2S. The van der Waals surface area contributed by atoms with E-state index >= 15 is 0 Å². The average molecular weight is 276 g/mol. The van der Waals surface area contributed by atoms with Gasteiger partial charge in [0.15, 0.2) is 0 Å². The largest absolute Gasteiger partial charge is 0.444 e. The van der Waals surface area contributed by atoms with E-state index in [1.54, 1.807) is 0 Å². The van der Waals surface area contributed by atoms with Crippen molar-refractivity contribution in [1.82, 2.24) is 10.6 Å². The first-order valence-electron chi connectivity index (χ1n) is 6.54. The first-order valence-corrected chi connectivity index (χ1v) is 7.93. The minimum absolute atomic E-state index is 0.335. The van der Waals surface area contributed by atoms with Crippen molar-refractivity contribution in [2.45, 2.75) is 52.2 Å². The standard InChI is InChI=1S/C13H28N2O2S/c1-11(7-10-18-5)14-8-6-9-15-12(16)17-13(2,3)4/h11,14H,6-10H2,1-5H3,(H,15,16). The predicted octanol–water partition coefficient (Wildman–Crippen LogP) is 2.63. The molecule has 0 radical (unpaired) electrons. The Labute approximate surface area is 116 Å². The second-order valence-electron chi connectivity index (χ2n) is 5.42. The molecule has 0 aromatic carbocycles. The van der Waals surface area contributed by atoms with Gasteiger partial charge in [0.05, 0.1) is 0 Å². The van der Waals surface area contributed by atoms with E-state index in [1.807, 2.05) is 32.5 Å². The summed E-state index contributed by atoms with van der Waals surface area (Å²) < 4.78 is 5.15. The molecule has 0 saturated heterocycles. The van der Waals surface area contributed by atoms with Crippen molar-refractivity contribution in [3.05, 3.63) is 0 Å². The molecule has 108 valence electrons. The van der Waals surface area contributed by atoms with E-state index < -0.39 is 5.60 Å². The molecule has 0 aliphatic heterocycles. The second-order valence-corrected chi connectivity index (χ2v) is 6.40. The molecule has 0 spiro atoms. The summed E-state index contributed by atoms with van der Waals surface area (Å²) in [5.41, 5.74) is -0.422. The van der Waals surface area contributed by atoms with E-state index in [-0.39, 0.29) is 6.09 Å². The third-order valence-electron chi connectivity index (χ3n) is 2.27. The lowest BCUT2D eigenvalue weighted by atomic mass is 10.2. The Morgan fingerprint density at radius 3 is 2.56 bits per heavy atom. The van der Waals surface area contributed by atoms with Gasteiger partial charge in [0.25, 0.3) is 0 Å². The van der Waals surface area contributed by atoms with Gasteiger partial charge in [0.1, 0.15) is 5.60 Å². The van der Waals surface area contributed by atoms with E-state index in [9.17, 15) is 4.79 Å². The maximum Gasteiger partial charge on any atom is 0.407 e. The Kier molecular flexibility index (Phi) is 9.28. The molecule has 0 aliphatic carbocycles. The molecule has 0 aromatic heterocycles. The Morgan fingerprint density at radius 1 is 1.33 bits per heavy atom. The fraction of sp³-hybridized carbons (Fsp3) is 0.923. The van der Waals surface area contributed by atoms with Crippen molar-refractivity contribution < 1.29 is 9.53 Å². The molecule has 0 bridgehead atoms. The fourth-order valence-corrected chi connectivity index (χ4v) is 1.93. The minimum atomic E-state index is -0.422. The number of hydrogen-bond acceptors (Lipinski definition) is 4. The molecule has 1 amide bonds. The SMILES string of the molecule is CSCCC(C)NCCCNC(=O)OC(C)(C)C. The molecule has 0 heterocycles. The Hall–Kier alpha value is -0.420. The molecule has 5 heteroatoms. The first-order chi connectivity index (χ1) is 8.35. The summed E-state index contributed by atoms with van der Waals surface area (Å²) in [7, 11) is 0. The maximum absolute atomic E-state index is 11.3. The lowest BCUT2D eigenvalue weighted by Gasteiger charge is -2.19. The number of carbonyl (C=O) groups is 1. The van der Waals surface area contributed by atoms with Crippen molar-refractivity contribution in [3.63, 3.8) is 0 Å². The van der Waals surface area contributed by atoms with E-state index in [0.29, 0.717) is 12.6 Å². The van der Waals surface area contributed by atoms with Crippen molar-refractivity contribution in [2.75, 3.05) is 25.1 Å². The molecule has 1 atom stereocenters. The van der Waals surface area contributed by atoms with Crippen LogP contribution in [-0.2, 0) is 4.74 Å². The van der Waals surface area contributed by atoms with Crippen LogP contribution < -0.4 is 10.6 Å². The van der Waals surface area contributed by atoms with Gasteiger partial charge in [0, 0.05) is 12.6 Å². The first kappa shape index (κ1) is 17.6. The molecule has 1 unspecified atom stereocenters. The van der Waals surface area contributed by atoms with E-state index in [1.165, 1.54) is 12.2 Å². The highest BCUT2D eigenvalue weighted by Crippen LogP contribution is 2.06. The molecule has 0 saturated carbocycles. The molecule has 0 aromatic rings. The van der Waals surface area contributed by atoms with Gasteiger partial charge < -0.3 is 15.4 Å². The number of amides is 1. The van der Waals surface area contributed by atoms with Gasteiger partial charge in [0.2, 0.25) is 0 Å². The molecule has 0 fully saturated rings. The summed E-state index contributed by atoms with van der Waals surface area (Å²) in [4.78, 5) is 11.3.